The number of methoxy groups -OCH3 is 1. The normalized spacial score (nSPS) is 11.9. The fourth-order valence-corrected chi connectivity index (χ4v) is 3.44. The van der Waals surface area contributed by atoms with E-state index in [1.165, 1.54) is 0 Å². The zero-order chi connectivity index (χ0) is 23.3. The highest BCUT2D eigenvalue weighted by Crippen LogP contribution is 2.30. The molecule has 178 valence electrons. The van der Waals surface area contributed by atoms with E-state index in [1.54, 1.807) is 7.11 Å². The second-order valence-electron chi connectivity index (χ2n) is 7.63. The van der Waals surface area contributed by atoms with Crippen LogP contribution in [0.15, 0.2) is 18.2 Å². The van der Waals surface area contributed by atoms with Crippen LogP contribution < -0.4 is 25.8 Å². The van der Waals surface area contributed by atoms with E-state index >= 15 is 0 Å². The highest BCUT2D eigenvalue weighted by Gasteiger charge is 2.17. The number of anilines is 2. The molecule has 1 aromatic carbocycles. The van der Waals surface area contributed by atoms with Crippen molar-refractivity contribution in [2.45, 2.75) is 45.6 Å². The van der Waals surface area contributed by atoms with Crippen LogP contribution in [0.5, 0.6) is 11.5 Å². The van der Waals surface area contributed by atoms with E-state index in [9.17, 15) is 5.11 Å². The van der Waals surface area contributed by atoms with Crippen LogP contribution in [0, 0.1) is 6.92 Å². The SMILES string of the molecule is CCC[C@@H](CO)Nc1nc(N)nc(C)c1Cc1ccc(OCCCNCCO)cc1OC. The topological polar surface area (TPSA) is 135 Å². The van der Waals surface area contributed by atoms with Crippen molar-refractivity contribution in [3.8, 4) is 11.5 Å². The quantitative estimate of drug-likeness (QED) is 0.259. The number of nitrogens with one attached hydrogen (secondary N) is 2. The minimum atomic E-state index is -0.100. The van der Waals surface area contributed by atoms with E-state index in [-0.39, 0.29) is 25.2 Å². The average molecular weight is 448 g/mol. The number of ether oxygens (including phenoxy) is 2. The lowest BCUT2D eigenvalue weighted by molar-refractivity contribution is 0.268. The van der Waals surface area contributed by atoms with E-state index in [0.717, 1.165) is 54.1 Å². The molecule has 6 N–H and O–H groups in total. The second kappa shape index (κ2) is 13.7. The Bertz CT molecular complexity index is 834. The van der Waals surface area contributed by atoms with Crippen molar-refractivity contribution in [3.05, 3.63) is 35.0 Å². The van der Waals surface area contributed by atoms with Gasteiger partial charge >= 0.3 is 0 Å². The molecule has 0 amide bonds. The summed E-state index contributed by atoms with van der Waals surface area (Å²) in [5.41, 5.74) is 8.56. The number of benzene rings is 1. The largest absolute Gasteiger partial charge is 0.496 e. The third-order valence-corrected chi connectivity index (χ3v) is 5.11. The maximum atomic E-state index is 9.70. The number of hydrogen-bond acceptors (Lipinski definition) is 9. The Balaban J connectivity index is 2.15. The van der Waals surface area contributed by atoms with Crippen LogP contribution >= 0.6 is 0 Å². The van der Waals surface area contributed by atoms with Crippen molar-refractivity contribution in [3.63, 3.8) is 0 Å². The molecule has 32 heavy (non-hydrogen) atoms. The summed E-state index contributed by atoms with van der Waals surface area (Å²) in [4.78, 5) is 8.73. The molecule has 0 aliphatic rings. The first kappa shape index (κ1) is 25.6. The summed E-state index contributed by atoms with van der Waals surface area (Å²) in [5, 5.41) is 24.9. The number of aryl methyl sites for hydroxylation is 1. The molecule has 2 aromatic rings. The maximum Gasteiger partial charge on any atom is 0.222 e. The van der Waals surface area contributed by atoms with Gasteiger partial charge in [0.25, 0.3) is 0 Å². The van der Waals surface area contributed by atoms with Crippen LogP contribution in [-0.4, -0.2) is 66.2 Å². The van der Waals surface area contributed by atoms with Crippen LogP contribution in [0.3, 0.4) is 0 Å². The summed E-state index contributed by atoms with van der Waals surface area (Å²) in [5.74, 6) is 2.29. The van der Waals surface area contributed by atoms with Crippen LogP contribution in [0.25, 0.3) is 0 Å². The minimum absolute atomic E-state index is 0.0150. The summed E-state index contributed by atoms with van der Waals surface area (Å²) in [6.07, 6.45) is 3.15. The highest BCUT2D eigenvalue weighted by atomic mass is 16.5. The molecule has 0 fully saturated rings. The van der Waals surface area contributed by atoms with E-state index < -0.39 is 0 Å². The van der Waals surface area contributed by atoms with Gasteiger partial charge < -0.3 is 36.1 Å². The zero-order valence-electron chi connectivity index (χ0n) is 19.4. The number of aliphatic hydroxyl groups excluding tert-OH is 2. The molecule has 0 unspecified atom stereocenters. The fraction of sp³-hybridized carbons (Fsp3) is 0.565. The number of nitrogen functional groups attached to an aromatic ring is 1. The van der Waals surface area contributed by atoms with Gasteiger partial charge in [0.15, 0.2) is 0 Å². The Morgan fingerprint density at radius 1 is 1.19 bits per heavy atom. The van der Waals surface area contributed by atoms with Crippen LogP contribution in [0.1, 0.15) is 43.0 Å². The van der Waals surface area contributed by atoms with E-state index in [2.05, 4.69) is 27.5 Å². The molecule has 0 saturated carbocycles. The van der Waals surface area contributed by atoms with Crippen molar-refractivity contribution in [1.82, 2.24) is 15.3 Å². The van der Waals surface area contributed by atoms with Gasteiger partial charge in [-0.2, -0.15) is 4.98 Å². The molecule has 1 aromatic heterocycles. The van der Waals surface area contributed by atoms with Crippen molar-refractivity contribution < 1.29 is 19.7 Å². The third kappa shape index (κ3) is 7.81. The first-order chi connectivity index (χ1) is 15.5. The predicted octanol–water partition coefficient (Wildman–Crippen LogP) is 1.89. The molecule has 0 aliphatic heterocycles. The first-order valence-electron chi connectivity index (χ1n) is 11.1. The van der Waals surface area contributed by atoms with Gasteiger partial charge in [-0.15, -0.1) is 0 Å². The highest BCUT2D eigenvalue weighted by molar-refractivity contribution is 5.54. The molecule has 0 spiro atoms. The predicted molar refractivity (Wildman–Crippen MR) is 126 cm³/mol. The molecular formula is C23H37N5O4. The Labute approximate surface area is 190 Å². The molecular weight excluding hydrogens is 410 g/mol. The van der Waals surface area contributed by atoms with Crippen molar-refractivity contribution in [2.24, 2.45) is 0 Å². The Morgan fingerprint density at radius 2 is 2.00 bits per heavy atom. The molecule has 9 heteroatoms. The Hall–Kier alpha value is -2.62. The summed E-state index contributed by atoms with van der Waals surface area (Å²) in [6, 6.07) is 5.68. The monoisotopic (exact) mass is 447 g/mol. The number of nitrogens with zero attached hydrogens (tertiary/aromatic N) is 2. The molecule has 0 aliphatic carbocycles. The van der Waals surface area contributed by atoms with Gasteiger partial charge in [-0.05, 0) is 37.9 Å². The first-order valence-corrected chi connectivity index (χ1v) is 11.1. The van der Waals surface area contributed by atoms with Gasteiger partial charge in [0.1, 0.15) is 17.3 Å². The van der Waals surface area contributed by atoms with Gasteiger partial charge in [-0.3, -0.25) is 0 Å². The Kier molecular flexibility index (Phi) is 11.0. The number of hydrogen-bond donors (Lipinski definition) is 5. The molecule has 0 radical (unpaired) electrons. The van der Waals surface area contributed by atoms with E-state index in [4.69, 9.17) is 20.3 Å². The van der Waals surface area contributed by atoms with Crippen molar-refractivity contribution in [2.75, 3.05) is 51.1 Å². The molecule has 2 rings (SSSR count). The average Bonchev–Trinajstić information content (AvgIpc) is 2.78. The van der Waals surface area contributed by atoms with Crippen LogP contribution in [0.2, 0.25) is 0 Å². The van der Waals surface area contributed by atoms with Gasteiger partial charge in [0, 0.05) is 30.3 Å². The van der Waals surface area contributed by atoms with Crippen molar-refractivity contribution in [1.29, 1.82) is 0 Å². The van der Waals surface area contributed by atoms with Gasteiger partial charge in [-0.1, -0.05) is 19.4 Å². The molecule has 0 bridgehead atoms. The number of rotatable bonds is 15. The lowest BCUT2D eigenvalue weighted by Gasteiger charge is -2.20. The van der Waals surface area contributed by atoms with E-state index in [0.29, 0.717) is 25.4 Å². The summed E-state index contributed by atoms with van der Waals surface area (Å²) >= 11 is 0. The smallest absolute Gasteiger partial charge is 0.222 e. The summed E-state index contributed by atoms with van der Waals surface area (Å²) in [7, 11) is 1.63. The molecule has 9 nitrogen and oxygen atoms in total. The van der Waals surface area contributed by atoms with Crippen LogP contribution in [-0.2, 0) is 6.42 Å². The zero-order valence-corrected chi connectivity index (χ0v) is 19.4. The molecule has 1 heterocycles. The van der Waals surface area contributed by atoms with E-state index in [1.807, 2.05) is 25.1 Å². The van der Waals surface area contributed by atoms with Crippen molar-refractivity contribution >= 4 is 11.8 Å². The number of aromatic nitrogens is 2. The van der Waals surface area contributed by atoms with Gasteiger partial charge in [-0.25, -0.2) is 4.98 Å². The number of aliphatic hydroxyl groups is 2. The second-order valence-corrected chi connectivity index (χ2v) is 7.63. The molecule has 1 atom stereocenters. The van der Waals surface area contributed by atoms with Gasteiger partial charge in [0.05, 0.1) is 33.0 Å². The minimum Gasteiger partial charge on any atom is -0.496 e. The summed E-state index contributed by atoms with van der Waals surface area (Å²) < 4.78 is 11.4. The molecule has 0 saturated heterocycles. The lowest BCUT2D eigenvalue weighted by atomic mass is 10.0. The summed E-state index contributed by atoms with van der Waals surface area (Å²) in [6.45, 7) is 6.07. The Morgan fingerprint density at radius 3 is 2.69 bits per heavy atom. The maximum absolute atomic E-state index is 9.70. The number of nitrogens with two attached hydrogens (primary N) is 1. The van der Waals surface area contributed by atoms with Gasteiger partial charge in [0.2, 0.25) is 5.95 Å². The standard InChI is InChI=1S/C23H37N5O4/c1-4-6-18(15-30)27-22-20(16(2)26-23(24)28-22)13-17-7-8-19(14-21(17)31-3)32-12-5-9-25-10-11-29/h7-8,14,18,25,29-30H,4-6,9-13,15H2,1-3H3,(H3,24,26,27,28)/t18-/m0/s1. The fourth-order valence-electron chi connectivity index (χ4n) is 3.44. The lowest BCUT2D eigenvalue weighted by Crippen LogP contribution is -2.25. The van der Waals surface area contributed by atoms with Crippen LogP contribution in [0.4, 0.5) is 11.8 Å². The third-order valence-electron chi connectivity index (χ3n) is 5.11.